The number of hydrogen-bond acceptors (Lipinski definition) is 8. The van der Waals surface area contributed by atoms with Crippen molar-refractivity contribution in [2.45, 2.75) is 57.1 Å². The third-order valence-corrected chi connectivity index (χ3v) is 7.83. The summed E-state index contributed by atoms with van der Waals surface area (Å²) in [5.74, 6) is 1.26. The second-order valence-corrected chi connectivity index (χ2v) is 10.5. The number of fused-ring (bicyclic) bond motifs is 1. The average molecular weight is 511 g/mol. The number of halogens is 1. The van der Waals surface area contributed by atoms with Crippen molar-refractivity contribution in [2.75, 3.05) is 51.8 Å². The monoisotopic (exact) mass is 510 g/mol. The number of alkyl halides is 1. The van der Waals surface area contributed by atoms with Crippen LogP contribution in [0.15, 0.2) is 24.4 Å². The molecule has 3 aromatic rings. The predicted molar refractivity (Wildman–Crippen MR) is 138 cm³/mol. The number of benzene rings is 1. The van der Waals surface area contributed by atoms with Crippen LogP contribution in [0.3, 0.4) is 0 Å². The number of piperidine rings is 1. The summed E-state index contributed by atoms with van der Waals surface area (Å²) in [6, 6.07) is 6.40. The highest BCUT2D eigenvalue weighted by atomic mass is 19.1. The first-order valence-electron chi connectivity index (χ1n) is 13.2. The quantitative estimate of drug-likeness (QED) is 0.498. The van der Waals surface area contributed by atoms with Crippen molar-refractivity contribution in [3.8, 4) is 11.8 Å². The van der Waals surface area contributed by atoms with Gasteiger partial charge in [-0.2, -0.15) is 15.1 Å². The van der Waals surface area contributed by atoms with E-state index in [0.29, 0.717) is 12.4 Å². The summed E-state index contributed by atoms with van der Waals surface area (Å²) < 4.78 is 34.1. The molecule has 0 radical (unpaired) electrons. The van der Waals surface area contributed by atoms with Gasteiger partial charge in [0.05, 0.1) is 24.9 Å². The Morgan fingerprint density at radius 1 is 1.05 bits per heavy atom. The van der Waals surface area contributed by atoms with Crippen LogP contribution >= 0.6 is 0 Å². The van der Waals surface area contributed by atoms with E-state index in [1.54, 1.807) is 11.8 Å². The molecule has 3 fully saturated rings. The van der Waals surface area contributed by atoms with Gasteiger partial charge in [-0.1, -0.05) is 0 Å². The third-order valence-electron chi connectivity index (χ3n) is 7.83. The molecule has 198 valence electrons. The largest absolute Gasteiger partial charge is 0.467 e. The molecule has 0 spiro atoms. The summed E-state index contributed by atoms with van der Waals surface area (Å²) >= 11 is 0. The molecular formula is C27H35FN6O3. The van der Waals surface area contributed by atoms with Crippen LogP contribution in [0.2, 0.25) is 0 Å². The van der Waals surface area contributed by atoms with Crippen LogP contribution in [-0.2, 0) is 9.47 Å². The van der Waals surface area contributed by atoms with Crippen LogP contribution in [0, 0.1) is 6.92 Å². The summed E-state index contributed by atoms with van der Waals surface area (Å²) in [6.45, 7) is 5.65. The van der Waals surface area contributed by atoms with Crippen molar-refractivity contribution < 1.29 is 18.6 Å². The number of aryl methyl sites for hydroxylation is 1. The zero-order valence-electron chi connectivity index (χ0n) is 21.8. The van der Waals surface area contributed by atoms with E-state index in [9.17, 15) is 0 Å². The van der Waals surface area contributed by atoms with E-state index in [1.807, 2.05) is 19.3 Å². The minimum atomic E-state index is -0.891. The lowest BCUT2D eigenvalue weighted by molar-refractivity contribution is -0.191. The molecule has 0 amide bonds. The SMILES string of the molecule is COc1nc(N2CC(OC3CCCCO3)C2)cc(-n2ncc3cc(C)c([C@@H]4CCN(C)C[C@@H]4F)cc32)n1. The van der Waals surface area contributed by atoms with Gasteiger partial charge in [0.2, 0.25) is 0 Å². The second-order valence-electron chi connectivity index (χ2n) is 10.5. The normalized spacial score (nSPS) is 25.4. The molecule has 0 saturated carbocycles. The number of anilines is 1. The zero-order valence-corrected chi connectivity index (χ0v) is 21.8. The molecule has 3 atom stereocenters. The van der Waals surface area contributed by atoms with Crippen LogP contribution in [0.4, 0.5) is 10.2 Å². The summed E-state index contributed by atoms with van der Waals surface area (Å²) in [5, 5.41) is 5.64. The molecule has 0 N–H and O–H groups in total. The fraction of sp³-hybridized carbons (Fsp3) is 0.593. The Balaban J connectivity index is 1.27. The Morgan fingerprint density at radius 2 is 1.89 bits per heavy atom. The molecule has 0 bridgehead atoms. The summed E-state index contributed by atoms with van der Waals surface area (Å²) in [5.41, 5.74) is 3.04. The van der Waals surface area contributed by atoms with Crippen LogP contribution in [0.25, 0.3) is 16.7 Å². The Hall–Kier alpha value is -2.82. The maximum absolute atomic E-state index is 15.1. The van der Waals surface area contributed by atoms with E-state index in [0.717, 1.165) is 79.8 Å². The zero-order chi connectivity index (χ0) is 25.5. The number of aromatic nitrogens is 4. The molecular weight excluding hydrogens is 475 g/mol. The van der Waals surface area contributed by atoms with Gasteiger partial charge in [0.15, 0.2) is 12.1 Å². The standard InChI is InChI=1S/C27H35FN6O3/c1-17-10-18-13-29-34(23(18)11-21(17)20-7-8-32(2)16-22(20)28)25-12-24(30-27(31-25)35-3)33-14-19(15-33)37-26-6-4-5-9-36-26/h10-13,19-20,22,26H,4-9,14-16H2,1-3H3/t20-,22-,26?/m0/s1. The first-order valence-corrected chi connectivity index (χ1v) is 13.2. The molecule has 37 heavy (non-hydrogen) atoms. The van der Waals surface area contributed by atoms with Crippen molar-refractivity contribution in [3.05, 3.63) is 35.5 Å². The van der Waals surface area contributed by atoms with Crippen LogP contribution in [-0.4, -0.2) is 90.2 Å². The molecule has 3 aliphatic heterocycles. The fourth-order valence-corrected chi connectivity index (χ4v) is 5.70. The molecule has 2 aromatic heterocycles. The summed E-state index contributed by atoms with van der Waals surface area (Å²) in [4.78, 5) is 13.4. The van der Waals surface area contributed by atoms with Gasteiger partial charge in [-0.25, -0.2) is 9.07 Å². The molecule has 10 heteroatoms. The van der Waals surface area contributed by atoms with Gasteiger partial charge in [0.1, 0.15) is 12.0 Å². The molecule has 6 rings (SSSR count). The van der Waals surface area contributed by atoms with Crippen LogP contribution in [0.1, 0.15) is 42.7 Å². The van der Waals surface area contributed by atoms with Crippen LogP contribution < -0.4 is 9.64 Å². The second kappa shape index (κ2) is 10.2. The molecule has 3 aliphatic rings. The lowest BCUT2D eigenvalue weighted by atomic mass is 9.85. The number of nitrogens with zero attached hydrogens (tertiary/aromatic N) is 6. The number of rotatable bonds is 6. The summed E-state index contributed by atoms with van der Waals surface area (Å²) in [6.07, 6.45) is 4.97. The first-order chi connectivity index (χ1) is 18.0. The number of methoxy groups -OCH3 is 1. The van der Waals surface area contributed by atoms with Crippen molar-refractivity contribution in [3.63, 3.8) is 0 Å². The van der Waals surface area contributed by atoms with Gasteiger partial charge < -0.3 is 24.0 Å². The first kappa shape index (κ1) is 24.5. The van der Waals surface area contributed by atoms with E-state index in [2.05, 4.69) is 43.9 Å². The van der Waals surface area contributed by atoms with Gasteiger partial charge >= 0.3 is 6.01 Å². The van der Waals surface area contributed by atoms with E-state index < -0.39 is 6.17 Å². The van der Waals surface area contributed by atoms with Gasteiger partial charge in [-0.15, -0.1) is 0 Å². The number of hydrogen-bond donors (Lipinski definition) is 0. The molecule has 0 aliphatic carbocycles. The van der Waals surface area contributed by atoms with Gasteiger partial charge in [0.25, 0.3) is 0 Å². The van der Waals surface area contributed by atoms with E-state index in [4.69, 9.17) is 14.2 Å². The summed E-state index contributed by atoms with van der Waals surface area (Å²) in [7, 11) is 3.54. The highest BCUT2D eigenvalue weighted by Gasteiger charge is 2.33. The minimum Gasteiger partial charge on any atom is -0.467 e. The Kier molecular flexibility index (Phi) is 6.73. The van der Waals surface area contributed by atoms with Gasteiger partial charge in [-0.05, 0) is 69.5 Å². The predicted octanol–water partition coefficient (Wildman–Crippen LogP) is 3.62. The van der Waals surface area contributed by atoms with Gasteiger partial charge in [-0.3, -0.25) is 0 Å². The number of ether oxygens (including phenoxy) is 3. The molecule has 1 unspecified atom stereocenters. The van der Waals surface area contributed by atoms with Crippen molar-refractivity contribution in [2.24, 2.45) is 0 Å². The van der Waals surface area contributed by atoms with E-state index in [-0.39, 0.29) is 24.3 Å². The molecule has 1 aromatic carbocycles. The molecule has 9 nitrogen and oxygen atoms in total. The fourth-order valence-electron chi connectivity index (χ4n) is 5.70. The lowest BCUT2D eigenvalue weighted by Gasteiger charge is -2.41. The van der Waals surface area contributed by atoms with Crippen LogP contribution in [0.5, 0.6) is 6.01 Å². The maximum Gasteiger partial charge on any atom is 0.320 e. The van der Waals surface area contributed by atoms with Gasteiger partial charge in [0, 0.05) is 43.6 Å². The van der Waals surface area contributed by atoms with E-state index >= 15 is 4.39 Å². The Morgan fingerprint density at radius 3 is 2.65 bits per heavy atom. The van der Waals surface area contributed by atoms with Crippen molar-refractivity contribution >= 4 is 16.7 Å². The maximum atomic E-state index is 15.1. The lowest BCUT2D eigenvalue weighted by Crippen LogP contribution is -2.54. The van der Waals surface area contributed by atoms with Crippen molar-refractivity contribution in [1.82, 2.24) is 24.6 Å². The average Bonchev–Trinajstić information content (AvgIpc) is 3.28. The Bertz CT molecular complexity index is 1260. The molecule has 3 saturated heterocycles. The smallest absolute Gasteiger partial charge is 0.320 e. The third kappa shape index (κ3) is 4.89. The number of likely N-dealkylation sites (tertiary alicyclic amines) is 1. The highest BCUT2D eigenvalue weighted by Crippen LogP contribution is 2.35. The topological polar surface area (TPSA) is 77.8 Å². The minimum absolute atomic E-state index is 0.0991. The highest BCUT2D eigenvalue weighted by molar-refractivity contribution is 5.82. The Labute approximate surface area is 216 Å². The van der Waals surface area contributed by atoms with E-state index in [1.165, 1.54) is 0 Å². The molecule has 5 heterocycles. The van der Waals surface area contributed by atoms with Crippen molar-refractivity contribution in [1.29, 1.82) is 0 Å².